The Morgan fingerprint density at radius 3 is 2.81 bits per heavy atom. The van der Waals surface area contributed by atoms with Crippen LogP contribution >= 0.6 is 0 Å². The van der Waals surface area contributed by atoms with E-state index in [4.69, 9.17) is 4.74 Å². The minimum Gasteiger partial charge on any atom is -0.491 e. The molecule has 0 radical (unpaired) electrons. The van der Waals surface area contributed by atoms with E-state index in [0.29, 0.717) is 18.6 Å². The van der Waals surface area contributed by atoms with E-state index in [9.17, 15) is 5.11 Å². The van der Waals surface area contributed by atoms with Gasteiger partial charge in [0.15, 0.2) is 0 Å². The van der Waals surface area contributed by atoms with E-state index in [0.717, 1.165) is 17.9 Å². The molecule has 116 valence electrons. The second-order valence-corrected chi connectivity index (χ2v) is 6.83. The molecule has 0 spiro atoms. The van der Waals surface area contributed by atoms with Crippen LogP contribution in [0.1, 0.15) is 63.2 Å². The summed E-state index contributed by atoms with van der Waals surface area (Å²) in [5.41, 5.74) is 2.17. The summed E-state index contributed by atoms with van der Waals surface area (Å²) in [4.78, 5) is 2.44. The molecule has 3 heteroatoms. The van der Waals surface area contributed by atoms with Crippen molar-refractivity contribution >= 4 is 0 Å². The van der Waals surface area contributed by atoms with Crippen molar-refractivity contribution in [2.45, 2.75) is 64.1 Å². The Kier molecular flexibility index (Phi) is 4.23. The number of fused-ring (bicyclic) bond motifs is 1. The first-order valence-corrected chi connectivity index (χ1v) is 8.29. The van der Waals surface area contributed by atoms with Crippen molar-refractivity contribution in [3.63, 3.8) is 0 Å². The van der Waals surface area contributed by atoms with Gasteiger partial charge in [0, 0.05) is 11.6 Å². The van der Waals surface area contributed by atoms with Gasteiger partial charge in [0.25, 0.3) is 0 Å². The summed E-state index contributed by atoms with van der Waals surface area (Å²) in [6.07, 6.45) is 3.32. The standard InChI is InChI=1S/C18H27NO2/c1-12(2)14-8-6-9-15-17(20)16(11-21-18(14)15)19-10-5-4-7-13(19)3/h6,8-9,12-13,16-17,20H,4-5,7,10-11H2,1-3H3. The van der Waals surface area contributed by atoms with Crippen molar-refractivity contribution in [3.05, 3.63) is 29.3 Å². The maximum atomic E-state index is 10.9. The molecule has 1 aromatic rings. The smallest absolute Gasteiger partial charge is 0.128 e. The van der Waals surface area contributed by atoms with E-state index < -0.39 is 6.10 Å². The number of nitrogens with zero attached hydrogens (tertiary/aromatic N) is 1. The van der Waals surface area contributed by atoms with Crippen molar-refractivity contribution in [2.24, 2.45) is 0 Å². The molecule has 1 aromatic carbocycles. The molecule has 0 aliphatic carbocycles. The summed E-state index contributed by atoms with van der Waals surface area (Å²) in [6.45, 7) is 8.29. The number of ether oxygens (including phenoxy) is 1. The average Bonchev–Trinajstić information content (AvgIpc) is 2.48. The number of hydrogen-bond acceptors (Lipinski definition) is 3. The molecule has 1 fully saturated rings. The van der Waals surface area contributed by atoms with E-state index >= 15 is 0 Å². The van der Waals surface area contributed by atoms with E-state index in [2.05, 4.69) is 31.7 Å². The number of piperidine rings is 1. The fourth-order valence-corrected chi connectivity index (χ4v) is 3.78. The van der Waals surface area contributed by atoms with Gasteiger partial charge in [-0.05, 0) is 37.8 Å². The summed E-state index contributed by atoms with van der Waals surface area (Å²) >= 11 is 0. The second-order valence-electron chi connectivity index (χ2n) is 6.83. The van der Waals surface area contributed by atoms with Gasteiger partial charge in [0.1, 0.15) is 18.5 Å². The van der Waals surface area contributed by atoms with Crippen molar-refractivity contribution in [2.75, 3.05) is 13.2 Å². The number of aliphatic hydroxyl groups excluding tert-OH is 1. The summed E-state index contributed by atoms with van der Waals surface area (Å²) in [5.74, 6) is 1.33. The van der Waals surface area contributed by atoms with Crippen molar-refractivity contribution in [3.8, 4) is 5.75 Å². The molecule has 3 rings (SSSR count). The van der Waals surface area contributed by atoms with Crippen LogP contribution in [0.4, 0.5) is 0 Å². The third-order valence-electron chi connectivity index (χ3n) is 5.06. The van der Waals surface area contributed by atoms with Crippen LogP contribution in [0.15, 0.2) is 18.2 Å². The lowest BCUT2D eigenvalue weighted by Gasteiger charge is -2.44. The maximum Gasteiger partial charge on any atom is 0.128 e. The van der Waals surface area contributed by atoms with Gasteiger partial charge in [0.2, 0.25) is 0 Å². The zero-order valence-electron chi connectivity index (χ0n) is 13.4. The van der Waals surface area contributed by atoms with Crippen LogP contribution in [-0.2, 0) is 0 Å². The third-order valence-corrected chi connectivity index (χ3v) is 5.06. The Bertz CT molecular complexity index is 500. The SMILES string of the molecule is CC(C)c1cccc2c1OCC(N1CCCCC1C)C2O. The molecule has 2 heterocycles. The molecule has 2 aliphatic heterocycles. The number of hydrogen-bond donors (Lipinski definition) is 1. The molecule has 3 unspecified atom stereocenters. The summed E-state index contributed by atoms with van der Waals surface area (Å²) in [6, 6.07) is 6.81. The Morgan fingerprint density at radius 1 is 1.29 bits per heavy atom. The first kappa shape index (κ1) is 14.9. The Balaban J connectivity index is 1.88. The number of aliphatic hydroxyl groups is 1. The fourth-order valence-electron chi connectivity index (χ4n) is 3.78. The van der Waals surface area contributed by atoms with Gasteiger partial charge in [-0.25, -0.2) is 0 Å². The Morgan fingerprint density at radius 2 is 2.10 bits per heavy atom. The minimum atomic E-state index is -0.437. The molecule has 0 bridgehead atoms. The Labute approximate surface area is 127 Å². The summed E-state index contributed by atoms with van der Waals surface area (Å²) in [5, 5.41) is 10.9. The van der Waals surface area contributed by atoms with Gasteiger partial charge in [-0.3, -0.25) is 4.90 Å². The largest absolute Gasteiger partial charge is 0.491 e. The van der Waals surface area contributed by atoms with Crippen molar-refractivity contribution in [1.29, 1.82) is 0 Å². The predicted octanol–water partition coefficient (Wildman–Crippen LogP) is 3.48. The normalized spacial score (nSPS) is 30.0. The van der Waals surface area contributed by atoms with Gasteiger partial charge in [0.05, 0.1) is 6.04 Å². The summed E-state index contributed by atoms with van der Waals surface area (Å²) in [7, 11) is 0. The van der Waals surface area contributed by atoms with Gasteiger partial charge >= 0.3 is 0 Å². The molecule has 3 atom stereocenters. The highest BCUT2D eigenvalue weighted by Gasteiger charge is 2.37. The Hall–Kier alpha value is -1.06. The van der Waals surface area contributed by atoms with Gasteiger partial charge in [-0.1, -0.05) is 38.5 Å². The minimum absolute atomic E-state index is 0.0928. The highest BCUT2D eigenvalue weighted by molar-refractivity contribution is 5.46. The van der Waals surface area contributed by atoms with E-state index in [1.54, 1.807) is 0 Å². The molecule has 0 saturated carbocycles. The predicted molar refractivity (Wildman–Crippen MR) is 84.8 cm³/mol. The number of benzene rings is 1. The van der Waals surface area contributed by atoms with E-state index in [1.165, 1.54) is 24.8 Å². The molecular weight excluding hydrogens is 262 g/mol. The van der Waals surface area contributed by atoms with E-state index in [-0.39, 0.29) is 6.04 Å². The lowest BCUT2D eigenvalue weighted by atomic mass is 9.90. The average molecular weight is 289 g/mol. The van der Waals surface area contributed by atoms with Crippen molar-refractivity contribution in [1.82, 2.24) is 4.90 Å². The topological polar surface area (TPSA) is 32.7 Å². The molecule has 1 saturated heterocycles. The molecule has 3 nitrogen and oxygen atoms in total. The molecule has 0 aromatic heterocycles. The number of para-hydroxylation sites is 1. The van der Waals surface area contributed by atoms with Gasteiger partial charge < -0.3 is 9.84 Å². The molecular formula is C18H27NO2. The first-order valence-electron chi connectivity index (χ1n) is 8.29. The zero-order valence-corrected chi connectivity index (χ0v) is 13.4. The first-order chi connectivity index (χ1) is 10.1. The van der Waals surface area contributed by atoms with E-state index in [1.807, 2.05) is 12.1 Å². The van der Waals surface area contributed by atoms with Crippen LogP contribution in [0.5, 0.6) is 5.75 Å². The van der Waals surface area contributed by atoms with Crippen LogP contribution in [0.25, 0.3) is 0 Å². The van der Waals surface area contributed by atoms with Crippen LogP contribution in [0, 0.1) is 0 Å². The quantitative estimate of drug-likeness (QED) is 0.905. The highest BCUT2D eigenvalue weighted by Crippen LogP contribution is 2.40. The number of likely N-dealkylation sites (tertiary alicyclic amines) is 1. The van der Waals surface area contributed by atoms with Crippen LogP contribution < -0.4 is 4.74 Å². The molecule has 0 amide bonds. The lowest BCUT2D eigenvalue weighted by molar-refractivity contribution is -0.0249. The highest BCUT2D eigenvalue weighted by atomic mass is 16.5. The third kappa shape index (κ3) is 2.69. The zero-order chi connectivity index (χ0) is 15.0. The van der Waals surface area contributed by atoms with Gasteiger partial charge in [-0.15, -0.1) is 0 Å². The monoisotopic (exact) mass is 289 g/mol. The molecule has 21 heavy (non-hydrogen) atoms. The van der Waals surface area contributed by atoms with Crippen LogP contribution in [-0.4, -0.2) is 35.2 Å². The van der Waals surface area contributed by atoms with Crippen LogP contribution in [0.3, 0.4) is 0 Å². The number of rotatable bonds is 2. The maximum absolute atomic E-state index is 10.9. The summed E-state index contributed by atoms with van der Waals surface area (Å²) < 4.78 is 6.10. The van der Waals surface area contributed by atoms with Crippen molar-refractivity contribution < 1.29 is 9.84 Å². The fraction of sp³-hybridized carbons (Fsp3) is 0.667. The second kappa shape index (κ2) is 5.98. The van der Waals surface area contributed by atoms with Crippen LogP contribution in [0.2, 0.25) is 0 Å². The molecule has 2 aliphatic rings. The molecule has 1 N–H and O–H groups in total. The lowest BCUT2D eigenvalue weighted by Crippen LogP contribution is -2.51. The van der Waals surface area contributed by atoms with Gasteiger partial charge in [-0.2, -0.15) is 0 Å².